The first-order valence-electron chi connectivity index (χ1n) is 4.85. The fourth-order valence-corrected chi connectivity index (χ4v) is 1.23. The molecule has 5 nitrogen and oxygen atoms in total. The zero-order valence-corrected chi connectivity index (χ0v) is 8.49. The Kier molecular flexibility index (Phi) is 2.45. The van der Waals surface area contributed by atoms with Crippen molar-refractivity contribution >= 4 is 11.7 Å². The molecule has 1 aromatic rings. The molecule has 15 heavy (non-hydrogen) atoms. The number of nitrogens with two attached hydrogens (primary N) is 1. The molecule has 0 bridgehead atoms. The van der Waals surface area contributed by atoms with Gasteiger partial charge in [-0.15, -0.1) is 0 Å². The smallest absolute Gasteiger partial charge is 0.254 e. The van der Waals surface area contributed by atoms with Crippen LogP contribution in [0, 0.1) is 0 Å². The lowest BCUT2D eigenvalue weighted by Gasteiger charge is -2.09. The van der Waals surface area contributed by atoms with E-state index in [9.17, 15) is 4.79 Å². The number of hydrogen-bond donors (Lipinski definition) is 2. The second-order valence-electron chi connectivity index (χ2n) is 3.50. The van der Waals surface area contributed by atoms with Crippen LogP contribution in [0.4, 0.5) is 5.82 Å². The maximum Gasteiger partial charge on any atom is 0.254 e. The van der Waals surface area contributed by atoms with E-state index in [1.54, 1.807) is 7.05 Å². The highest BCUT2D eigenvalue weighted by Crippen LogP contribution is 2.29. The van der Waals surface area contributed by atoms with E-state index in [0.717, 1.165) is 12.8 Å². The van der Waals surface area contributed by atoms with Gasteiger partial charge in [0.05, 0.1) is 17.9 Å². The molecule has 0 spiro atoms. The molecule has 1 aromatic heterocycles. The summed E-state index contributed by atoms with van der Waals surface area (Å²) in [6.07, 6.45) is 3.81. The molecule has 3 N–H and O–H groups in total. The van der Waals surface area contributed by atoms with Crippen molar-refractivity contribution in [1.29, 1.82) is 0 Å². The van der Waals surface area contributed by atoms with Gasteiger partial charge in [0.15, 0.2) is 5.75 Å². The van der Waals surface area contributed by atoms with Crippen LogP contribution >= 0.6 is 0 Å². The van der Waals surface area contributed by atoms with Crippen molar-refractivity contribution in [2.24, 2.45) is 0 Å². The highest BCUT2D eigenvalue weighted by molar-refractivity contribution is 5.97. The number of aromatic nitrogens is 1. The molecule has 0 radical (unpaired) electrons. The topological polar surface area (TPSA) is 77.2 Å². The molecular formula is C10H13N3O2. The fourth-order valence-electron chi connectivity index (χ4n) is 1.23. The van der Waals surface area contributed by atoms with Crippen molar-refractivity contribution in [1.82, 2.24) is 10.3 Å². The van der Waals surface area contributed by atoms with E-state index in [-0.39, 0.29) is 12.0 Å². The second kappa shape index (κ2) is 3.76. The Morgan fingerprint density at radius 1 is 1.67 bits per heavy atom. The van der Waals surface area contributed by atoms with Crippen LogP contribution in [0.5, 0.6) is 5.75 Å². The molecule has 2 rings (SSSR count). The number of nitrogens with zero attached hydrogens (tertiary/aromatic N) is 1. The molecule has 1 aliphatic rings. The number of carbonyl (C=O) groups excluding carboxylic acids is 1. The van der Waals surface area contributed by atoms with Gasteiger partial charge in [0, 0.05) is 7.05 Å². The van der Waals surface area contributed by atoms with E-state index in [1.165, 1.54) is 12.3 Å². The highest BCUT2D eigenvalue weighted by Gasteiger charge is 2.25. The van der Waals surface area contributed by atoms with E-state index in [0.29, 0.717) is 17.1 Å². The van der Waals surface area contributed by atoms with Gasteiger partial charge in [-0.1, -0.05) is 0 Å². The summed E-state index contributed by atoms with van der Waals surface area (Å²) >= 11 is 0. The van der Waals surface area contributed by atoms with Crippen LogP contribution in [0.15, 0.2) is 12.3 Å². The van der Waals surface area contributed by atoms with Crippen molar-refractivity contribution in [3.8, 4) is 5.75 Å². The van der Waals surface area contributed by atoms with Crippen LogP contribution < -0.4 is 15.8 Å². The van der Waals surface area contributed by atoms with E-state index in [4.69, 9.17) is 10.5 Å². The Morgan fingerprint density at radius 3 is 3.00 bits per heavy atom. The third-order valence-electron chi connectivity index (χ3n) is 2.18. The number of amides is 1. The molecule has 1 fully saturated rings. The van der Waals surface area contributed by atoms with E-state index in [2.05, 4.69) is 10.3 Å². The lowest BCUT2D eigenvalue weighted by molar-refractivity contribution is 0.0958. The summed E-state index contributed by atoms with van der Waals surface area (Å²) in [6.45, 7) is 0. The molecular weight excluding hydrogens is 194 g/mol. The maximum atomic E-state index is 11.5. The number of nitrogens with one attached hydrogen (secondary N) is 1. The number of carbonyl (C=O) groups is 1. The molecule has 1 amide bonds. The predicted octanol–water partition coefficient (Wildman–Crippen LogP) is 0.565. The number of hydrogen-bond acceptors (Lipinski definition) is 4. The van der Waals surface area contributed by atoms with Gasteiger partial charge in [-0.25, -0.2) is 4.98 Å². The number of rotatable bonds is 3. The van der Waals surface area contributed by atoms with E-state index < -0.39 is 0 Å². The van der Waals surface area contributed by atoms with Gasteiger partial charge in [0.1, 0.15) is 5.82 Å². The summed E-state index contributed by atoms with van der Waals surface area (Å²) in [5, 5.41) is 2.54. The molecule has 0 aliphatic heterocycles. The molecule has 0 unspecified atom stereocenters. The standard InChI is InChI=1S/C10H13N3O2/c1-12-10(14)7-4-9(11)13-5-8(7)15-6-2-3-6/h4-6H,2-3H2,1H3,(H2,11,13)(H,12,14). The molecule has 80 valence electrons. The molecule has 5 heteroatoms. The van der Waals surface area contributed by atoms with Crippen LogP contribution in [-0.2, 0) is 0 Å². The first-order chi connectivity index (χ1) is 7.20. The Bertz CT molecular complexity index is 388. The monoisotopic (exact) mass is 207 g/mol. The SMILES string of the molecule is CNC(=O)c1cc(N)ncc1OC1CC1. The lowest BCUT2D eigenvalue weighted by Crippen LogP contribution is -2.19. The van der Waals surface area contributed by atoms with Crippen molar-refractivity contribution in [2.75, 3.05) is 12.8 Å². The minimum absolute atomic E-state index is 0.209. The van der Waals surface area contributed by atoms with Crippen molar-refractivity contribution in [3.63, 3.8) is 0 Å². The number of nitrogen functional groups attached to an aromatic ring is 1. The molecule has 1 saturated carbocycles. The third kappa shape index (κ3) is 2.18. The van der Waals surface area contributed by atoms with Gasteiger partial charge >= 0.3 is 0 Å². The van der Waals surface area contributed by atoms with Crippen LogP contribution in [0.1, 0.15) is 23.2 Å². The average molecular weight is 207 g/mol. The van der Waals surface area contributed by atoms with Crippen molar-refractivity contribution in [3.05, 3.63) is 17.8 Å². The quantitative estimate of drug-likeness (QED) is 0.759. The minimum atomic E-state index is -0.209. The summed E-state index contributed by atoms with van der Waals surface area (Å²) in [6, 6.07) is 1.52. The van der Waals surface area contributed by atoms with E-state index in [1.807, 2.05) is 0 Å². The zero-order valence-electron chi connectivity index (χ0n) is 8.49. The normalized spacial score (nSPS) is 14.7. The third-order valence-corrected chi connectivity index (χ3v) is 2.18. The summed E-state index contributed by atoms with van der Waals surface area (Å²) < 4.78 is 5.56. The summed E-state index contributed by atoms with van der Waals surface area (Å²) in [7, 11) is 1.57. The predicted molar refractivity (Wildman–Crippen MR) is 55.7 cm³/mol. The van der Waals surface area contributed by atoms with Gasteiger partial charge in [0.2, 0.25) is 0 Å². The van der Waals surface area contributed by atoms with Gasteiger partial charge < -0.3 is 15.8 Å². The van der Waals surface area contributed by atoms with Gasteiger partial charge in [0.25, 0.3) is 5.91 Å². The number of pyridine rings is 1. The first kappa shape index (κ1) is 9.76. The first-order valence-corrected chi connectivity index (χ1v) is 4.85. The van der Waals surface area contributed by atoms with Crippen molar-refractivity contribution < 1.29 is 9.53 Å². The molecule has 1 aliphatic carbocycles. The van der Waals surface area contributed by atoms with Crippen LogP contribution in [0.3, 0.4) is 0 Å². The van der Waals surface area contributed by atoms with Gasteiger partial charge in [-0.05, 0) is 18.9 Å². The fraction of sp³-hybridized carbons (Fsp3) is 0.400. The Labute approximate surface area is 87.6 Å². The maximum absolute atomic E-state index is 11.5. The minimum Gasteiger partial charge on any atom is -0.488 e. The Balaban J connectivity index is 2.29. The average Bonchev–Trinajstić information content (AvgIpc) is 3.03. The molecule has 0 saturated heterocycles. The summed E-state index contributed by atoms with van der Waals surface area (Å²) in [5.41, 5.74) is 5.96. The molecule has 0 aromatic carbocycles. The lowest BCUT2D eigenvalue weighted by atomic mass is 10.2. The summed E-state index contributed by atoms with van der Waals surface area (Å²) in [4.78, 5) is 15.4. The number of anilines is 1. The molecule has 0 atom stereocenters. The van der Waals surface area contributed by atoms with Crippen LogP contribution in [0.2, 0.25) is 0 Å². The van der Waals surface area contributed by atoms with Crippen LogP contribution in [0.25, 0.3) is 0 Å². The van der Waals surface area contributed by atoms with Gasteiger partial charge in [-0.3, -0.25) is 4.79 Å². The Morgan fingerprint density at radius 2 is 2.40 bits per heavy atom. The van der Waals surface area contributed by atoms with E-state index >= 15 is 0 Å². The number of ether oxygens (including phenoxy) is 1. The molecule has 1 heterocycles. The zero-order chi connectivity index (χ0) is 10.8. The Hall–Kier alpha value is -1.78. The summed E-state index contributed by atoms with van der Waals surface area (Å²) in [5.74, 6) is 0.613. The van der Waals surface area contributed by atoms with Crippen LogP contribution in [-0.4, -0.2) is 24.0 Å². The highest BCUT2D eigenvalue weighted by atomic mass is 16.5. The van der Waals surface area contributed by atoms with Crippen molar-refractivity contribution in [2.45, 2.75) is 18.9 Å². The largest absolute Gasteiger partial charge is 0.488 e. The second-order valence-corrected chi connectivity index (χ2v) is 3.50. The van der Waals surface area contributed by atoms with Gasteiger partial charge in [-0.2, -0.15) is 0 Å².